The molecule has 0 saturated heterocycles. The number of nitrogens with one attached hydrogen (secondary N) is 1. The zero-order valence-corrected chi connectivity index (χ0v) is 14.0. The molecule has 0 aliphatic carbocycles. The number of hydrogen-bond acceptors (Lipinski definition) is 1. The highest BCUT2D eigenvalue weighted by Crippen LogP contribution is 2.10. The van der Waals surface area contributed by atoms with E-state index in [0.717, 1.165) is 31.7 Å². The number of unbranched alkanes of at least 4 members (excludes halogenated alkanes) is 1. The first-order valence-electron chi connectivity index (χ1n) is 8.44. The largest absolute Gasteiger partial charge is 0.356 e. The summed E-state index contributed by atoms with van der Waals surface area (Å²) in [4.78, 5) is 11.7. The topological polar surface area (TPSA) is 29.1 Å². The minimum Gasteiger partial charge on any atom is -0.356 e. The number of benzene rings is 1. The van der Waals surface area contributed by atoms with Crippen molar-refractivity contribution in [2.75, 3.05) is 6.54 Å². The molecular weight excluding hydrogens is 258 g/mol. The first-order chi connectivity index (χ1) is 10.1. The van der Waals surface area contributed by atoms with Crippen LogP contribution < -0.4 is 5.32 Å². The van der Waals surface area contributed by atoms with E-state index >= 15 is 0 Å². The molecule has 0 bridgehead atoms. The lowest BCUT2D eigenvalue weighted by Gasteiger charge is -2.08. The molecule has 0 aliphatic rings. The molecule has 0 aromatic heterocycles. The molecule has 1 unspecified atom stereocenters. The van der Waals surface area contributed by atoms with Crippen molar-refractivity contribution in [3.8, 4) is 0 Å². The number of hydrogen-bond donors (Lipinski definition) is 1. The molecule has 0 radical (unpaired) electrons. The molecule has 118 valence electrons. The van der Waals surface area contributed by atoms with Crippen molar-refractivity contribution in [3.05, 3.63) is 35.4 Å². The molecule has 0 fully saturated rings. The molecule has 1 rings (SSSR count). The zero-order valence-electron chi connectivity index (χ0n) is 14.0. The number of carbonyl (C=O) groups is 1. The van der Waals surface area contributed by atoms with Gasteiger partial charge in [0.25, 0.3) is 0 Å². The van der Waals surface area contributed by atoms with E-state index in [1.807, 2.05) is 0 Å². The standard InChI is InChI=1S/C19H31NO/c1-4-16(2)8-5-6-15-20-19(21)10-7-9-18-13-11-17(3)12-14-18/h11-14,16H,4-10,15H2,1-3H3,(H,20,21). The second kappa shape index (κ2) is 10.4. The van der Waals surface area contributed by atoms with Gasteiger partial charge in [0.05, 0.1) is 0 Å². The van der Waals surface area contributed by atoms with Crippen molar-refractivity contribution < 1.29 is 4.79 Å². The molecule has 2 nitrogen and oxygen atoms in total. The number of rotatable bonds is 10. The highest BCUT2D eigenvalue weighted by molar-refractivity contribution is 5.75. The SMILES string of the molecule is CCC(C)CCCCNC(=O)CCCc1ccc(C)cc1. The Labute approximate surface area is 130 Å². The Kier molecular flexibility index (Phi) is 8.80. The van der Waals surface area contributed by atoms with Gasteiger partial charge in [0.15, 0.2) is 0 Å². The number of amides is 1. The summed E-state index contributed by atoms with van der Waals surface area (Å²) in [5.74, 6) is 1.01. The zero-order chi connectivity index (χ0) is 15.5. The summed E-state index contributed by atoms with van der Waals surface area (Å²) in [6, 6.07) is 8.57. The van der Waals surface area contributed by atoms with Crippen LogP contribution in [-0.4, -0.2) is 12.5 Å². The summed E-state index contributed by atoms with van der Waals surface area (Å²) in [5, 5.41) is 3.03. The normalized spacial score (nSPS) is 12.1. The monoisotopic (exact) mass is 289 g/mol. The van der Waals surface area contributed by atoms with Crippen molar-refractivity contribution in [3.63, 3.8) is 0 Å². The van der Waals surface area contributed by atoms with Gasteiger partial charge in [0.1, 0.15) is 0 Å². The summed E-state index contributed by atoms with van der Waals surface area (Å²) < 4.78 is 0. The lowest BCUT2D eigenvalue weighted by atomic mass is 10.0. The van der Waals surface area contributed by atoms with Crippen LogP contribution in [0, 0.1) is 12.8 Å². The van der Waals surface area contributed by atoms with Crippen molar-refractivity contribution >= 4 is 5.91 Å². The van der Waals surface area contributed by atoms with Crippen LogP contribution in [0.15, 0.2) is 24.3 Å². The molecule has 1 aromatic rings. The van der Waals surface area contributed by atoms with Crippen LogP contribution in [0.1, 0.15) is 63.5 Å². The van der Waals surface area contributed by atoms with Gasteiger partial charge in [-0.05, 0) is 37.7 Å². The average molecular weight is 289 g/mol. The summed E-state index contributed by atoms with van der Waals surface area (Å²) in [5.41, 5.74) is 2.61. The molecule has 0 aliphatic heterocycles. The van der Waals surface area contributed by atoms with Crippen molar-refractivity contribution in [2.45, 2.75) is 65.7 Å². The first kappa shape index (κ1) is 17.7. The fourth-order valence-electron chi connectivity index (χ4n) is 2.35. The van der Waals surface area contributed by atoms with Crippen LogP contribution in [0.25, 0.3) is 0 Å². The third-order valence-electron chi connectivity index (χ3n) is 4.13. The molecular formula is C19H31NO. The molecule has 1 aromatic carbocycles. The van der Waals surface area contributed by atoms with Crippen molar-refractivity contribution in [2.24, 2.45) is 5.92 Å². The van der Waals surface area contributed by atoms with Crippen LogP contribution in [-0.2, 0) is 11.2 Å². The van der Waals surface area contributed by atoms with E-state index in [0.29, 0.717) is 6.42 Å². The maximum Gasteiger partial charge on any atom is 0.220 e. The smallest absolute Gasteiger partial charge is 0.220 e. The Morgan fingerprint density at radius 2 is 1.86 bits per heavy atom. The molecule has 21 heavy (non-hydrogen) atoms. The van der Waals surface area contributed by atoms with Gasteiger partial charge in [-0.15, -0.1) is 0 Å². The van der Waals surface area contributed by atoms with E-state index in [1.165, 1.54) is 30.4 Å². The van der Waals surface area contributed by atoms with E-state index in [9.17, 15) is 4.79 Å². The van der Waals surface area contributed by atoms with Gasteiger partial charge < -0.3 is 5.32 Å². The minimum absolute atomic E-state index is 0.200. The second-order valence-corrected chi connectivity index (χ2v) is 6.20. The molecule has 1 atom stereocenters. The average Bonchev–Trinajstić information content (AvgIpc) is 2.48. The quantitative estimate of drug-likeness (QED) is 0.624. The van der Waals surface area contributed by atoms with E-state index < -0.39 is 0 Å². The van der Waals surface area contributed by atoms with Gasteiger partial charge in [-0.1, -0.05) is 62.9 Å². The molecule has 2 heteroatoms. The maximum atomic E-state index is 11.7. The molecule has 0 saturated carbocycles. The third-order valence-corrected chi connectivity index (χ3v) is 4.13. The third kappa shape index (κ3) is 8.54. The predicted octanol–water partition coefficient (Wildman–Crippen LogP) is 4.65. The van der Waals surface area contributed by atoms with Gasteiger partial charge in [0.2, 0.25) is 5.91 Å². The number of aryl methyl sites for hydroxylation is 2. The second-order valence-electron chi connectivity index (χ2n) is 6.20. The lowest BCUT2D eigenvalue weighted by Crippen LogP contribution is -2.24. The van der Waals surface area contributed by atoms with Gasteiger partial charge in [0, 0.05) is 13.0 Å². The van der Waals surface area contributed by atoms with E-state index in [-0.39, 0.29) is 5.91 Å². The van der Waals surface area contributed by atoms with Crippen LogP contribution in [0.2, 0.25) is 0 Å². The van der Waals surface area contributed by atoms with Crippen LogP contribution >= 0.6 is 0 Å². The predicted molar refractivity (Wildman–Crippen MR) is 90.4 cm³/mol. The Morgan fingerprint density at radius 3 is 2.52 bits per heavy atom. The summed E-state index contributed by atoms with van der Waals surface area (Å²) >= 11 is 0. The number of carbonyl (C=O) groups excluding carboxylic acids is 1. The first-order valence-corrected chi connectivity index (χ1v) is 8.44. The highest BCUT2D eigenvalue weighted by Gasteiger charge is 2.02. The minimum atomic E-state index is 0.200. The Hall–Kier alpha value is -1.31. The van der Waals surface area contributed by atoms with Gasteiger partial charge in [-0.25, -0.2) is 0 Å². The van der Waals surface area contributed by atoms with E-state index in [1.54, 1.807) is 0 Å². The fraction of sp³-hybridized carbons (Fsp3) is 0.632. The molecule has 0 spiro atoms. The van der Waals surface area contributed by atoms with Gasteiger partial charge >= 0.3 is 0 Å². The van der Waals surface area contributed by atoms with Crippen molar-refractivity contribution in [1.29, 1.82) is 0 Å². The fourth-order valence-corrected chi connectivity index (χ4v) is 2.35. The summed E-state index contributed by atoms with van der Waals surface area (Å²) in [6.45, 7) is 7.46. The Bertz CT molecular complexity index is 397. The summed E-state index contributed by atoms with van der Waals surface area (Å²) in [7, 11) is 0. The van der Waals surface area contributed by atoms with E-state index in [2.05, 4.69) is 50.4 Å². The molecule has 1 amide bonds. The van der Waals surface area contributed by atoms with Gasteiger partial charge in [-0.3, -0.25) is 4.79 Å². The Balaban J connectivity index is 2.02. The van der Waals surface area contributed by atoms with Crippen LogP contribution in [0.3, 0.4) is 0 Å². The summed E-state index contributed by atoms with van der Waals surface area (Å²) in [6.07, 6.45) is 7.42. The Morgan fingerprint density at radius 1 is 1.14 bits per heavy atom. The van der Waals surface area contributed by atoms with E-state index in [4.69, 9.17) is 0 Å². The molecule has 0 heterocycles. The highest BCUT2D eigenvalue weighted by atomic mass is 16.1. The lowest BCUT2D eigenvalue weighted by molar-refractivity contribution is -0.121. The van der Waals surface area contributed by atoms with Gasteiger partial charge in [-0.2, -0.15) is 0 Å². The van der Waals surface area contributed by atoms with Crippen LogP contribution in [0.5, 0.6) is 0 Å². The van der Waals surface area contributed by atoms with Crippen molar-refractivity contribution in [1.82, 2.24) is 5.32 Å². The molecule has 1 N–H and O–H groups in total. The maximum absolute atomic E-state index is 11.7. The van der Waals surface area contributed by atoms with Crippen LogP contribution in [0.4, 0.5) is 0 Å².